The van der Waals surface area contributed by atoms with Crippen molar-refractivity contribution in [1.82, 2.24) is 0 Å². The molecule has 130 valence electrons. The van der Waals surface area contributed by atoms with Crippen LogP contribution < -0.4 is 4.90 Å². The van der Waals surface area contributed by atoms with Gasteiger partial charge >= 0.3 is 0 Å². The number of hydrogen-bond donors (Lipinski definition) is 0. The van der Waals surface area contributed by atoms with E-state index >= 15 is 0 Å². The number of anilines is 2. The van der Waals surface area contributed by atoms with Gasteiger partial charge in [-0.3, -0.25) is 9.69 Å². The van der Waals surface area contributed by atoms with Crippen LogP contribution in [0.1, 0.15) is 6.92 Å². The molecule has 0 fully saturated rings. The van der Waals surface area contributed by atoms with E-state index < -0.39 is 0 Å². The number of hydrogen-bond acceptors (Lipinski definition) is 2. The maximum absolute atomic E-state index is 12.7. The first-order chi connectivity index (χ1) is 13.2. The Morgan fingerprint density at radius 1 is 0.704 bits per heavy atom. The molecule has 1 aromatic heterocycles. The van der Waals surface area contributed by atoms with E-state index in [1.807, 2.05) is 72.8 Å². The topological polar surface area (TPSA) is 33.5 Å². The third kappa shape index (κ3) is 2.40. The highest BCUT2D eigenvalue weighted by molar-refractivity contribution is 6.15. The molecule has 0 spiro atoms. The highest BCUT2D eigenvalue weighted by Crippen LogP contribution is 2.39. The van der Waals surface area contributed by atoms with Crippen LogP contribution in [0.4, 0.5) is 11.4 Å². The molecule has 0 bridgehead atoms. The van der Waals surface area contributed by atoms with E-state index in [1.165, 1.54) is 0 Å². The van der Waals surface area contributed by atoms with Crippen LogP contribution in [0.15, 0.2) is 89.3 Å². The van der Waals surface area contributed by atoms with E-state index in [9.17, 15) is 4.79 Å². The normalized spacial score (nSPS) is 11.3. The Bertz CT molecular complexity index is 1310. The summed E-state index contributed by atoms with van der Waals surface area (Å²) in [6.45, 7) is 1.59. The number of furan rings is 1. The summed E-state index contributed by atoms with van der Waals surface area (Å²) in [5.41, 5.74) is 3.16. The summed E-state index contributed by atoms with van der Waals surface area (Å²) in [7, 11) is 0. The summed E-state index contributed by atoms with van der Waals surface area (Å²) < 4.78 is 6.15. The monoisotopic (exact) mass is 351 g/mol. The van der Waals surface area contributed by atoms with Gasteiger partial charge in [-0.1, -0.05) is 66.7 Å². The maximum Gasteiger partial charge on any atom is 0.228 e. The summed E-state index contributed by atoms with van der Waals surface area (Å²) in [4.78, 5) is 14.5. The summed E-state index contributed by atoms with van der Waals surface area (Å²) in [6.07, 6.45) is 0. The Morgan fingerprint density at radius 2 is 1.33 bits per heavy atom. The molecule has 0 saturated heterocycles. The molecule has 5 rings (SSSR count). The molecule has 0 aliphatic carbocycles. The molecule has 1 amide bonds. The molecular weight excluding hydrogens is 334 g/mol. The minimum atomic E-state index is -0.0562. The van der Waals surface area contributed by atoms with Crippen molar-refractivity contribution in [3.8, 4) is 0 Å². The lowest BCUT2D eigenvalue weighted by Crippen LogP contribution is -2.23. The minimum Gasteiger partial charge on any atom is -0.454 e. The highest BCUT2D eigenvalue weighted by atomic mass is 16.3. The SMILES string of the molecule is CC(=O)N(c1cccc2ccccc12)c1cccc2c1oc1ccccc12. The lowest BCUT2D eigenvalue weighted by molar-refractivity contribution is -0.115. The lowest BCUT2D eigenvalue weighted by Gasteiger charge is -2.23. The van der Waals surface area contributed by atoms with Crippen LogP contribution >= 0.6 is 0 Å². The molecule has 0 radical (unpaired) electrons. The number of nitrogens with zero attached hydrogens (tertiary/aromatic N) is 1. The van der Waals surface area contributed by atoms with Crippen molar-refractivity contribution < 1.29 is 9.21 Å². The summed E-state index contributed by atoms with van der Waals surface area (Å²) in [5.74, 6) is -0.0562. The summed E-state index contributed by atoms with van der Waals surface area (Å²) >= 11 is 0. The first-order valence-corrected chi connectivity index (χ1v) is 8.93. The highest BCUT2D eigenvalue weighted by Gasteiger charge is 2.21. The third-order valence-corrected chi connectivity index (χ3v) is 4.95. The fraction of sp³-hybridized carbons (Fsp3) is 0.0417. The zero-order chi connectivity index (χ0) is 18.4. The molecule has 0 unspecified atom stereocenters. The second-order valence-corrected chi connectivity index (χ2v) is 6.60. The van der Waals surface area contributed by atoms with Gasteiger partial charge in [0.05, 0.1) is 11.4 Å². The molecule has 0 saturated carbocycles. The average Bonchev–Trinajstić information content (AvgIpc) is 3.08. The first kappa shape index (κ1) is 15.6. The van der Waals surface area contributed by atoms with Gasteiger partial charge in [-0.2, -0.15) is 0 Å². The predicted molar refractivity (Wildman–Crippen MR) is 110 cm³/mol. The second kappa shape index (κ2) is 5.99. The molecule has 1 heterocycles. The van der Waals surface area contributed by atoms with Crippen molar-refractivity contribution in [2.24, 2.45) is 0 Å². The van der Waals surface area contributed by atoms with E-state index in [1.54, 1.807) is 11.8 Å². The fourth-order valence-electron chi connectivity index (χ4n) is 3.78. The van der Waals surface area contributed by atoms with E-state index in [0.717, 1.165) is 44.1 Å². The van der Waals surface area contributed by atoms with Crippen molar-refractivity contribution in [2.45, 2.75) is 6.92 Å². The van der Waals surface area contributed by atoms with Crippen molar-refractivity contribution in [3.05, 3.63) is 84.9 Å². The van der Waals surface area contributed by atoms with Crippen LogP contribution in [0, 0.1) is 0 Å². The van der Waals surface area contributed by atoms with Gasteiger partial charge in [-0.15, -0.1) is 0 Å². The van der Waals surface area contributed by atoms with Crippen LogP contribution in [0.5, 0.6) is 0 Å². The number of amides is 1. The Morgan fingerprint density at radius 3 is 2.19 bits per heavy atom. The quantitative estimate of drug-likeness (QED) is 0.367. The number of rotatable bonds is 2. The Kier molecular flexibility index (Phi) is 3.47. The molecule has 4 aromatic carbocycles. The Hall–Kier alpha value is -3.59. The third-order valence-electron chi connectivity index (χ3n) is 4.95. The molecule has 3 heteroatoms. The van der Waals surface area contributed by atoms with Gasteiger partial charge < -0.3 is 4.42 Å². The van der Waals surface area contributed by atoms with Gasteiger partial charge in [0, 0.05) is 23.1 Å². The van der Waals surface area contributed by atoms with Crippen LogP contribution in [0.25, 0.3) is 32.7 Å². The van der Waals surface area contributed by atoms with Gasteiger partial charge in [-0.05, 0) is 23.6 Å². The van der Waals surface area contributed by atoms with Gasteiger partial charge in [-0.25, -0.2) is 0 Å². The molecule has 5 aromatic rings. The molecule has 0 aliphatic heterocycles. The van der Waals surface area contributed by atoms with Crippen LogP contribution in [0.2, 0.25) is 0 Å². The fourth-order valence-corrected chi connectivity index (χ4v) is 3.78. The van der Waals surface area contributed by atoms with E-state index in [4.69, 9.17) is 4.42 Å². The van der Waals surface area contributed by atoms with E-state index in [-0.39, 0.29) is 5.91 Å². The van der Waals surface area contributed by atoms with Gasteiger partial charge in [0.1, 0.15) is 5.58 Å². The number of carbonyl (C=O) groups excluding carboxylic acids is 1. The van der Waals surface area contributed by atoms with Crippen molar-refractivity contribution in [1.29, 1.82) is 0 Å². The Labute approximate surface area is 156 Å². The zero-order valence-corrected chi connectivity index (χ0v) is 14.8. The van der Waals surface area contributed by atoms with E-state index in [0.29, 0.717) is 0 Å². The molecule has 0 atom stereocenters. The molecule has 0 aliphatic rings. The van der Waals surface area contributed by atoms with E-state index in [2.05, 4.69) is 12.1 Å². The van der Waals surface area contributed by atoms with Crippen LogP contribution in [0.3, 0.4) is 0 Å². The van der Waals surface area contributed by atoms with Crippen molar-refractivity contribution >= 4 is 50.0 Å². The zero-order valence-electron chi connectivity index (χ0n) is 14.8. The average molecular weight is 351 g/mol. The summed E-state index contributed by atoms with van der Waals surface area (Å²) in [5, 5.41) is 4.19. The Balaban J connectivity index is 1.83. The molecular formula is C24H17NO2. The number of para-hydroxylation sites is 2. The van der Waals surface area contributed by atoms with Gasteiger partial charge in [0.15, 0.2) is 5.58 Å². The summed E-state index contributed by atoms with van der Waals surface area (Å²) in [6, 6.07) is 28.0. The second-order valence-electron chi connectivity index (χ2n) is 6.60. The lowest BCUT2D eigenvalue weighted by atomic mass is 10.1. The largest absolute Gasteiger partial charge is 0.454 e. The standard InChI is InChI=1S/C24H17NO2/c1-16(26)25(21-13-6-9-17-8-2-3-10-18(17)21)22-14-7-12-20-19-11-4-5-15-23(19)27-24(20)22/h2-15H,1H3. The maximum atomic E-state index is 12.7. The van der Waals surface area contributed by atoms with Crippen molar-refractivity contribution in [2.75, 3.05) is 4.90 Å². The number of fused-ring (bicyclic) bond motifs is 4. The number of benzene rings is 4. The molecule has 0 N–H and O–H groups in total. The van der Waals surface area contributed by atoms with Gasteiger partial charge in [0.2, 0.25) is 5.91 Å². The number of carbonyl (C=O) groups is 1. The predicted octanol–water partition coefficient (Wildman–Crippen LogP) is 6.42. The molecule has 27 heavy (non-hydrogen) atoms. The van der Waals surface area contributed by atoms with Crippen LogP contribution in [-0.4, -0.2) is 5.91 Å². The smallest absolute Gasteiger partial charge is 0.228 e. The minimum absolute atomic E-state index is 0.0562. The van der Waals surface area contributed by atoms with Crippen molar-refractivity contribution in [3.63, 3.8) is 0 Å². The van der Waals surface area contributed by atoms with Crippen LogP contribution in [-0.2, 0) is 4.79 Å². The first-order valence-electron chi connectivity index (χ1n) is 8.93. The van der Waals surface area contributed by atoms with Gasteiger partial charge in [0.25, 0.3) is 0 Å². The molecule has 3 nitrogen and oxygen atoms in total.